The quantitative estimate of drug-likeness (QED) is 0.787. The molecule has 0 fully saturated rings. The van der Waals surface area contributed by atoms with Crippen LogP contribution in [0.3, 0.4) is 0 Å². The average Bonchev–Trinajstić information content (AvgIpc) is 2.66. The Kier molecular flexibility index (Phi) is 5.74. The number of halogens is 2. The van der Waals surface area contributed by atoms with Crippen LogP contribution in [0, 0.1) is 11.6 Å². The molecule has 1 aliphatic heterocycles. The van der Waals surface area contributed by atoms with Crippen LogP contribution in [-0.4, -0.2) is 30.7 Å². The van der Waals surface area contributed by atoms with Gasteiger partial charge in [-0.1, -0.05) is 18.2 Å². The van der Waals surface area contributed by atoms with Crippen molar-refractivity contribution in [2.24, 2.45) is 0 Å². The number of amides is 1. The Labute approximate surface area is 157 Å². The number of nitrogens with one attached hydrogen (secondary N) is 1. The number of nitrogens with zero attached hydrogens (tertiary/aromatic N) is 1. The number of hydrogen-bond donors (Lipinski definition) is 1. The minimum absolute atomic E-state index is 0.164. The van der Waals surface area contributed by atoms with Crippen molar-refractivity contribution in [1.29, 1.82) is 0 Å². The molecule has 27 heavy (non-hydrogen) atoms. The second kappa shape index (κ2) is 8.20. The maximum atomic E-state index is 13.8. The van der Waals surface area contributed by atoms with Crippen LogP contribution in [0.5, 0.6) is 0 Å². The van der Waals surface area contributed by atoms with Gasteiger partial charge >= 0.3 is 6.09 Å². The molecule has 3 rings (SSSR count). The topological polar surface area (TPSA) is 41.6 Å². The zero-order valence-corrected chi connectivity index (χ0v) is 15.4. The van der Waals surface area contributed by atoms with Gasteiger partial charge in [-0.15, -0.1) is 0 Å². The fraction of sp³-hybridized carbons (Fsp3) is 0.286. The third-order valence-corrected chi connectivity index (χ3v) is 4.57. The largest absolute Gasteiger partial charge is 0.450 e. The van der Waals surface area contributed by atoms with Gasteiger partial charge in [0.25, 0.3) is 0 Å². The van der Waals surface area contributed by atoms with E-state index < -0.39 is 11.6 Å². The smallest absolute Gasteiger partial charge is 0.410 e. The van der Waals surface area contributed by atoms with Crippen molar-refractivity contribution in [1.82, 2.24) is 4.90 Å². The van der Waals surface area contributed by atoms with Crippen LogP contribution in [0.2, 0.25) is 0 Å². The summed E-state index contributed by atoms with van der Waals surface area (Å²) in [5, 5.41) is 2.78. The molecule has 0 saturated heterocycles. The number of carbonyl (C=O) groups excluding carboxylic acids is 1. The number of para-hydroxylation sites is 1. The van der Waals surface area contributed by atoms with Gasteiger partial charge in [-0.2, -0.15) is 0 Å². The molecule has 0 unspecified atom stereocenters. The molecule has 2 aromatic rings. The van der Waals surface area contributed by atoms with Crippen LogP contribution >= 0.6 is 0 Å². The predicted octanol–water partition coefficient (Wildman–Crippen LogP) is 5.34. The first-order valence-electron chi connectivity index (χ1n) is 8.91. The van der Waals surface area contributed by atoms with Crippen molar-refractivity contribution >= 4 is 23.0 Å². The molecular formula is C21H22F2N2O2. The van der Waals surface area contributed by atoms with Crippen LogP contribution in [0.15, 0.2) is 48.0 Å². The molecule has 2 aromatic carbocycles. The lowest BCUT2D eigenvalue weighted by molar-refractivity contribution is 0.110. The maximum Gasteiger partial charge on any atom is 0.410 e. The number of carbonyl (C=O) groups is 1. The fourth-order valence-corrected chi connectivity index (χ4v) is 3.20. The molecule has 1 amide bonds. The van der Waals surface area contributed by atoms with E-state index in [1.165, 1.54) is 23.8 Å². The second-order valence-corrected chi connectivity index (χ2v) is 6.43. The fourth-order valence-electron chi connectivity index (χ4n) is 3.20. The van der Waals surface area contributed by atoms with Gasteiger partial charge in [0, 0.05) is 18.8 Å². The normalized spacial score (nSPS) is 14.3. The molecule has 142 valence electrons. The monoisotopic (exact) mass is 372 g/mol. The second-order valence-electron chi connectivity index (χ2n) is 6.43. The van der Waals surface area contributed by atoms with Gasteiger partial charge in [0.05, 0.1) is 6.61 Å². The summed E-state index contributed by atoms with van der Waals surface area (Å²) in [5.41, 5.74) is 3.76. The number of ether oxygens (including phenoxy) is 1. The predicted molar refractivity (Wildman–Crippen MR) is 102 cm³/mol. The number of hydrogen-bond acceptors (Lipinski definition) is 3. The molecule has 4 nitrogen and oxygen atoms in total. The molecular weight excluding hydrogens is 350 g/mol. The van der Waals surface area contributed by atoms with Gasteiger partial charge in [-0.3, -0.25) is 0 Å². The van der Waals surface area contributed by atoms with Gasteiger partial charge in [0.15, 0.2) is 0 Å². The first kappa shape index (κ1) is 18.9. The molecule has 0 aromatic heterocycles. The molecule has 0 saturated carbocycles. The van der Waals surface area contributed by atoms with Crippen molar-refractivity contribution < 1.29 is 18.3 Å². The van der Waals surface area contributed by atoms with E-state index in [-0.39, 0.29) is 11.8 Å². The zero-order valence-electron chi connectivity index (χ0n) is 15.4. The number of benzene rings is 2. The summed E-state index contributed by atoms with van der Waals surface area (Å²) < 4.78 is 32.6. The Morgan fingerprint density at radius 3 is 2.41 bits per heavy atom. The van der Waals surface area contributed by atoms with E-state index in [1.54, 1.807) is 24.0 Å². The van der Waals surface area contributed by atoms with Crippen LogP contribution in [0.4, 0.5) is 25.0 Å². The van der Waals surface area contributed by atoms with Crippen molar-refractivity contribution in [2.75, 3.05) is 25.0 Å². The van der Waals surface area contributed by atoms with E-state index in [4.69, 9.17) is 4.74 Å². The Hall–Kier alpha value is -2.89. The summed E-state index contributed by atoms with van der Waals surface area (Å²) >= 11 is 0. The third kappa shape index (κ3) is 4.27. The van der Waals surface area contributed by atoms with E-state index in [2.05, 4.69) is 5.32 Å². The lowest BCUT2D eigenvalue weighted by atomic mass is 9.94. The standard InChI is InChI=1S/C21H22F2N2O2/c1-3-27-21(26)25-12-11-17(14(2)13-25)15-7-9-16(10-8-15)24-20-18(22)5-4-6-19(20)23/h4-10,24H,3,11-13H2,1-2H3. The van der Waals surface area contributed by atoms with E-state index in [1.807, 2.05) is 19.1 Å². The van der Waals surface area contributed by atoms with Crippen molar-refractivity contribution in [3.8, 4) is 0 Å². The van der Waals surface area contributed by atoms with Crippen LogP contribution in [0.25, 0.3) is 5.57 Å². The van der Waals surface area contributed by atoms with Gasteiger partial charge in [0.2, 0.25) is 0 Å². The summed E-state index contributed by atoms with van der Waals surface area (Å²) in [6.07, 6.45) is 0.446. The molecule has 6 heteroatoms. The van der Waals surface area contributed by atoms with Crippen molar-refractivity contribution in [3.63, 3.8) is 0 Å². The molecule has 0 bridgehead atoms. The highest BCUT2D eigenvalue weighted by atomic mass is 19.1. The summed E-state index contributed by atoms with van der Waals surface area (Å²) in [5.74, 6) is -1.27. The molecule has 0 radical (unpaired) electrons. The van der Waals surface area contributed by atoms with Crippen LogP contribution in [-0.2, 0) is 4.74 Å². The zero-order chi connectivity index (χ0) is 19.4. The molecule has 0 aliphatic carbocycles. The Bertz CT molecular complexity index is 843. The van der Waals surface area contributed by atoms with Gasteiger partial charge in [0.1, 0.15) is 17.3 Å². The maximum absolute atomic E-state index is 13.8. The third-order valence-electron chi connectivity index (χ3n) is 4.57. The Morgan fingerprint density at radius 1 is 1.15 bits per heavy atom. The molecule has 0 atom stereocenters. The highest BCUT2D eigenvalue weighted by Gasteiger charge is 2.22. The highest BCUT2D eigenvalue weighted by molar-refractivity contribution is 5.75. The van der Waals surface area contributed by atoms with E-state index >= 15 is 0 Å². The summed E-state index contributed by atoms with van der Waals surface area (Å²) in [6, 6.07) is 11.2. The highest BCUT2D eigenvalue weighted by Crippen LogP contribution is 2.29. The molecule has 0 spiro atoms. The Balaban J connectivity index is 1.74. The summed E-state index contributed by atoms with van der Waals surface area (Å²) in [7, 11) is 0. The molecule has 1 heterocycles. The van der Waals surface area contributed by atoms with E-state index in [0.29, 0.717) is 25.4 Å². The van der Waals surface area contributed by atoms with Crippen LogP contribution < -0.4 is 5.32 Å². The lowest BCUT2D eigenvalue weighted by Crippen LogP contribution is -2.36. The van der Waals surface area contributed by atoms with Crippen LogP contribution in [0.1, 0.15) is 25.8 Å². The first-order valence-corrected chi connectivity index (χ1v) is 8.91. The molecule has 1 aliphatic rings. The lowest BCUT2D eigenvalue weighted by Gasteiger charge is -2.29. The van der Waals surface area contributed by atoms with Gasteiger partial charge in [-0.25, -0.2) is 13.6 Å². The summed E-state index contributed by atoms with van der Waals surface area (Å²) in [4.78, 5) is 13.6. The van der Waals surface area contributed by atoms with E-state index in [0.717, 1.165) is 17.6 Å². The minimum atomic E-state index is -0.635. The number of rotatable bonds is 4. The average molecular weight is 372 g/mol. The first-order chi connectivity index (χ1) is 13.0. The van der Waals surface area contributed by atoms with Crippen molar-refractivity contribution in [3.05, 3.63) is 65.2 Å². The van der Waals surface area contributed by atoms with Crippen molar-refractivity contribution in [2.45, 2.75) is 20.3 Å². The summed E-state index contributed by atoms with van der Waals surface area (Å²) in [6.45, 7) is 5.29. The molecule has 1 N–H and O–H groups in total. The Morgan fingerprint density at radius 2 is 1.81 bits per heavy atom. The number of anilines is 2. The SMILES string of the molecule is CCOC(=O)N1CCC(c2ccc(Nc3c(F)cccc3F)cc2)=C(C)C1. The van der Waals surface area contributed by atoms with Gasteiger partial charge < -0.3 is 15.0 Å². The minimum Gasteiger partial charge on any atom is -0.450 e. The van der Waals surface area contributed by atoms with Gasteiger partial charge in [-0.05, 0) is 61.2 Å². The van der Waals surface area contributed by atoms with E-state index in [9.17, 15) is 13.6 Å².